The summed E-state index contributed by atoms with van der Waals surface area (Å²) in [5.74, 6) is 0.780. The maximum Gasteiger partial charge on any atom is 0.333 e. The van der Waals surface area contributed by atoms with Crippen LogP contribution in [0.3, 0.4) is 0 Å². The molecule has 2 saturated carbocycles. The number of carbonyl (C=O) groups excluding carboxylic acids is 1. The molecule has 4 heteroatoms. The summed E-state index contributed by atoms with van der Waals surface area (Å²) in [6.07, 6.45) is 8.83. The van der Waals surface area contributed by atoms with Crippen LogP contribution in [0.5, 0.6) is 0 Å². The van der Waals surface area contributed by atoms with Gasteiger partial charge < -0.3 is 9.84 Å². The van der Waals surface area contributed by atoms with Crippen molar-refractivity contribution in [2.45, 2.75) is 71.3 Å². The Bertz CT molecular complexity index is 541. The Morgan fingerprint density at radius 1 is 1.29 bits per heavy atom. The Balaban J connectivity index is 1.92. The van der Waals surface area contributed by atoms with Gasteiger partial charge in [0.1, 0.15) is 0 Å². The molecule has 136 valence electrons. The summed E-state index contributed by atoms with van der Waals surface area (Å²) in [4.78, 5) is 11.8. The van der Waals surface area contributed by atoms with Crippen LogP contribution in [0.25, 0.3) is 0 Å². The van der Waals surface area contributed by atoms with Gasteiger partial charge in [0.15, 0.2) is 0 Å². The van der Waals surface area contributed by atoms with E-state index in [0.717, 1.165) is 31.3 Å². The minimum atomic E-state index is -0.834. The third kappa shape index (κ3) is 2.92. The van der Waals surface area contributed by atoms with Crippen LogP contribution in [0.15, 0.2) is 11.6 Å². The molecule has 1 heterocycles. The Hall–Kier alpha value is -0.540. The first-order chi connectivity index (χ1) is 11.2. The van der Waals surface area contributed by atoms with Crippen molar-refractivity contribution in [1.82, 2.24) is 0 Å². The standard InChI is InChI=1S/C20H31ClO3/c1-18(2)9-4-10-19(3)15(18)7-11-20(23,13-21)16(19)6-5-14-8-12-24-17(14)22/h5,15-16,23H,4,6-13H2,1-3H3/t15-,16+,19?,20?/m0/s1. The fourth-order valence-electron chi connectivity index (χ4n) is 6.03. The number of halogens is 1. The van der Waals surface area contributed by atoms with Gasteiger partial charge in [-0.3, -0.25) is 0 Å². The van der Waals surface area contributed by atoms with Crippen molar-refractivity contribution in [3.8, 4) is 0 Å². The highest BCUT2D eigenvalue weighted by Gasteiger charge is 2.58. The number of ether oxygens (including phenoxy) is 1. The number of cyclic esters (lactones) is 1. The van der Waals surface area contributed by atoms with E-state index < -0.39 is 5.60 Å². The van der Waals surface area contributed by atoms with E-state index in [1.165, 1.54) is 12.8 Å². The molecule has 3 rings (SSSR count). The van der Waals surface area contributed by atoms with Gasteiger partial charge in [-0.1, -0.05) is 33.3 Å². The average Bonchev–Trinajstić information content (AvgIpc) is 2.91. The summed E-state index contributed by atoms with van der Waals surface area (Å²) in [5, 5.41) is 11.3. The van der Waals surface area contributed by atoms with E-state index in [1.807, 2.05) is 6.08 Å². The van der Waals surface area contributed by atoms with Crippen molar-refractivity contribution >= 4 is 17.6 Å². The van der Waals surface area contributed by atoms with E-state index in [4.69, 9.17) is 16.3 Å². The minimum Gasteiger partial charge on any atom is -0.462 e. The molecule has 3 nitrogen and oxygen atoms in total. The molecule has 0 amide bonds. The second-order valence-electron chi connectivity index (χ2n) is 9.08. The fraction of sp³-hybridized carbons (Fsp3) is 0.850. The average molecular weight is 355 g/mol. The molecule has 0 bridgehead atoms. The number of allylic oxidation sites excluding steroid dienone is 1. The molecule has 0 aromatic rings. The zero-order chi connectivity index (χ0) is 17.6. The Morgan fingerprint density at radius 3 is 2.67 bits per heavy atom. The van der Waals surface area contributed by atoms with Gasteiger partial charge in [-0.15, -0.1) is 11.6 Å². The number of aliphatic hydroxyl groups is 1. The summed E-state index contributed by atoms with van der Waals surface area (Å²) in [5.41, 5.74) is 0.314. The minimum absolute atomic E-state index is 0.0726. The van der Waals surface area contributed by atoms with E-state index in [9.17, 15) is 9.90 Å². The number of alkyl halides is 1. The smallest absolute Gasteiger partial charge is 0.333 e. The highest BCUT2D eigenvalue weighted by Crippen LogP contribution is 2.63. The zero-order valence-electron chi connectivity index (χ0n) is 15.2. The number of carbonyl (C=O) groups is 1. The number of hydrogen-bond donors (Lipinski definition) is 1. The Labute approximate surface area is 150 Å². The van der Waals surface area contributed by atoms with E-state index in [2.05, 4.69) is 20.8 Å². The van der Waals surface area contributed by atoms with Gasteiger partial charge in [-0.2, -0.15) is 0 Å². The van der Waals surface area contributed by atoms with Gasteiger partial charge >= 0.3 is 5.97 Å². The van der Waals surface area contributed by atoms with Crippen LogP contribution in [0, 0.1) is 22.7 Å². The van der Waals surface area contributed by atoms with Crippen LogP contribution in [0.1, 0.15) is 65.7 Å². The lowest BCUT2D eigenvalue weighted by Crippen LogP contribution is -2.59. The van der Waals surface area contributed by atoms with Crippen LogP contribution < -0.4 is 0 Å². The molecule has 1 saturated heterocycles. The summed E-state index contributed by atoms with van der Waals surface area (Å²) < 4.78 is 5.05. The molecule has 0 radical (unpaired) electrons. The topological polar surface area (TPSA) is 46.5 Å². The lowest BCUT2D eigenvalue weighted by atomic mass is 9.45. The van der Waals surface area contributed by atoms with Crippen LogP contribution in [-0.2, 0) is 9.53 Å². The van der Waals surface area contributed by atoms with E-state index in [1.54, 1.807) is 0 Å². The van der Waals surface area contributed by atoms with Crippen molar-refractivity contribution in [2.75, 3.05) is 12.5 Å². The molecule has 1 N–H and O–H groups in total. The quantitative estimate of drug-likeness (QED) is 0.462. The molecule has 3 aliphatic rings. The molecule has 1 aliphatic heterocycles. The first kappa shape index (κ1) is 18.3. The molecule has 0 aromatic heterocycles. The van der Waals surface area contributed by atoms with Crippen molar-refractivity contribution < 1.29 is 14.6 Å². The van der Waals surface area contributed by atoms with Gasteiger partial charge in [-0.25, -0.2) is 4.79 Å². The highest BCUT2D eigenvalue weighted by molar-refractivity contribution is 6.18. The summed E-state index contributed by atoms with van der Waals surface area (Å²) in [7, 11) is 0. The Morgan fingerprint density at radius 2 is 2.04 bits per heavy atom. The van der Waals surface area contributed by atoms with Crippen molar-refractivity contribution in [3.05, 3.63) is 11.6 Å². The van der Waals surface area contributed by atoms with Crippen LogP contribution in [-0.4, -0.2) is 29.2 Å². The maximum absolute atomic E-state index is 11.8. The van der Waals surface area contributed by atoms with Crippen molar-refractivity contribution in [2.24, 2.45) is 22.7 Å². The van der Waals surface area contributed by atoms with Crippen molar-refractivity contribution in [1.29, 1.82) is 0 Å². The number of fused-ring (bicyclic) bond motifs is 1. The second kappa shape index (κ2) is 6.32. The molecule has 2 aliphatic carbocycles. The molecular weight excluding hydrogens is 324 g/mol. The maximum atomic E-state index is 11.8. The SMILES string of the molecule is CC1(C)CCCC2(C)[C@H]1CCC(O)(CCl)[C@@H]2CC=C1CCOC1=O. The molecule has 2 unspecified atom stereocenters. The normalized spacial score (nSPS) is 43.5. The second-order valence-corrected chi connectivity index (χ2v) is 9.35. The van der Waals surface area contributed by atoms with Crippen LogP contribution in [0.4, 0.5) is 0 Å². The van der Waals surface area contributed by atoms with Gasteiger partial charge in [0.25, 0.3) is 0 Å². The first-order valence-corrected chi connectivity index (χ1v) is 9.91. The predicted octanol–water partition coefficient (Wildman–Crippen LogP) is 4.46. The molecular formula is C20H31ClO3. The number of rotatable bonds is 3. The molecule has 0 spiro atoms. The summed E-state index contributed by atoms with van der Waals surface area (Å²) >= 11 is 6.24. The van der Waals surface area contributed by atoms with Crippen molar-refractivity contribution in [3.63, 3.8) is 0 Å². The predicted molar refractivity (Wildman–Crippen MR) is 95.9 cm³/mol. The third-order valence-corrected chi connectivity index (χ3v) is 7.75. The molecule has 3 fully saturated rings. The fourth-order valence-corrected chi connectivity index (χ4v) is 6.35. The monoisotopic (exact) mass is 354 g/mol. The first-order valence-electron chi connectivity index (χ1n) is 9.37. The van der Waals surface area contributed by atoms with Crippen LogP contribution >= 0.6 is 11.6 Å². The van der Waals surface area contributed by atoms with Gasteiger partial charge in [0.05, 0.1) is 18.1 Å². The summed E-state index contributed by atoms with van der Waals surface area (Å²) in [6, 6.07) is 0. The van der Waals surface area contributed by atoms with E-state index in [0.29, 0.717) is 24.4 Å². The van der Waals surface area contributed by atoms with Crippen LogP contribution in [0.2, 0.25) is 0 Å². The van der Waals surface area contributed by atoms with E-state index >= 15 is 0 Å². The van der Waals surface area contributed by atoms with E-state index in [-0.39, 0.29) is 23.2 Å². The number of hydrogen-bond acceptors (Lipinski definition) is 3. The summed E-state index contributed by atoms with van der Waals surface area (Å²) in [6.45, 7) is 7.60. The lowest BCUT2D eigenvalue weighted by Gasteiger charge is -2.61. The number of esters is 1. The van der Waals surface area contributed by atoms with Gasteiger partial charge in [0.2, 0.25) is 0 Å². The van der Waals surface area contributed by atoms with Gasteiger partial charge in [-0.05, 0) is 54.8 Å². The zero-order valence-corrected chi connectivity index (χ0v) is 16.0. The molecule has 4 atom stereocenters. The largest absolute Gasteiger partial charge is 0.462 e. The molecule has 24 heavy (non-hydrogen) atoms. The lowest BCUT2D eigenvalue weighted by molar-refractivity contribution is -0.164. The third-order valence-electron chi connectivity index (χ3n) is 7.28. The Kier molecular flexibility index (Phi) is 4.81. The molecule has 0 aromatic carbocycles. The van der Waals surface area contributed by atoms with Gasteiger partial charge in [0, 0.05) is 12.0 Å². The highest BCUT2D eigenvalue weighted by atomic mass is 35.5.